The standard InChI is InChI=1S/C10H13NO/c1-7-2-3-8-4-5-9(12)6-10(8)11-7/h4-7,11-12H,2-3H2,1H3/t7-/m0/s1. The Morgan fingerprint density at radius 2 is 2.33 bits per heavy atom. The van der Waals surface area contributed by atoms with Crippen molar-refractivity contribution >= 4 is 5.69 Å². The minimum absolute atomic E-state index is 0.343. The Hall–Kier alpha value is -1.18. The van der Waals surface area contributed by atoms with E-state index in [2.05, 4.69) is 12.2 Å². The van der Waals surface area contributed by atoms with Crippen LogP contribution in [-0.4, -0.2) is 11.1 Å². The van der Waals surface area contributed by atoms with Gasteiger partial charge in [0.1, 0.15) is 5.75 Å². The van der Waals surface area contributed by atoms with E-state index in [4.69, 9.17) is 0 Å². The van der Waals surface area contributed by atoms with E-state index in [0.29, 0.717) is 11.8 Å². The molecule has 0 amide bonds. The SMILES string of the molecule is C[C@H]1CCc2ccc(O)cc2N1. The van der Waals surface area contributed by atoms with Crippen molar-refractivity contribution in [3.63, 3.8) is 0 Å². The van der Waals surface area contributed by atoms with Crippen LogP contribution >= 0.6 is 0 Å². The molecule has 1 atom stereocenters. The predicted molar refractivity (Wildman–Crippen MR) is 49.5 cm³/mol. The minimum atomic E-state index is 0.343. The molecule has 0 saturated heterocycles. The van der Waals surface area contributed by atoms with Crippen LogP contribution in [0.5, 0.6) is 5.75 Å². The molecule has 2 nitrogen and oxygen atoms in total. The van der Waals surface area contributed by atoms with Crippen molar-refractivity contribution in [2.75, 3.05) is 5.32 Å². The van der Waals surface area contributed by atoms with Gasteiger partial charge in [-0.1, -0.05) is 6.07 Å². The highest BCUT2D eigenvalue weighted by atomic mass is 16.3. The third-order valence-electron chi connectivity index (χ3n) is 2.34. The fourth-order valence-electron chi connectivity index (χ4n) is 1.63. The number of benzene rings is 1. The van der Waals surface area contributed by atoms with Gasteiger partial charge in [-0.2, -0.15) is 0 Å². The zero-order chi connectivity index (χ0) is 8.55. The van der Waals surface area contributed by atoms with Crippen LogP contribution in [0, 0.1) is 0 Å². The van der Waals surface area contributed by atoms with E-state index in [0.717, 1.165) is 12.1 Å². The summed E-state index contributed by atoms with van der Waals surface area (Å²) in [6.07, 6.45) is 2.29. The van der Waals surface area contributed by atoms with E-state index >= 15 is 0 Å². The molecule has 0 aliphatic carbocycles. The number of anilines is 1. The van der Waals surface area contributed by atoms with Crippen molar-refractivity contribution in [1.82, 2.24) is 0 Å². The van der Waals surface area contributed by atoms with Gasteiger partial charge in [0.25, 0.3) is 0 Å². The molecule has 2 heteroatoms. The molecule has 1 aromatic carbocycles. The fourth-order valence-corrected chi connectivity index (χ4v) is 1.63. The number of fused-ring (bicyclic) bond motifs is 1. The molecule has 2 rings (SSSR count). The fraction of sp³-hybridized carbons (Fsp3) is 0.400. The van der Waals surface area contributed by atoms with Crippen molar-refractivity contribution < 1.29 is 5.11 Å². The molecule has 0 saturated carbocycles. The maximum atomic E-state index is 9.23. The van der Waals surface area contributed by atoms with Crippen molar-refractivity contribution in [2.24, 2.45) is 0 Å². The van der Waals surface area contributed by atoms with Crippen LogP contribution < -0.4 is 5.32 Å². The third kappa shape index (κ3) is 1.24. The summed E-state index contributed by atoms with van der Waals surface area (Å²) in [7, 11) is 0. The number of hydrogen-bond acceptors (Lipinski definition) is 2. The van der Waals surface area contributed by atoms with Crippen molar-refractivity contribution in [2.45, 2.75) is 25.8 Å². The number of rotatable bonds is 0. The first-order valence-electron chi connectivity index (χ1n) is 4.34. The highest BCUT2D eigenvalue weighted by Gasteiger charge is 2.13. The third-order valence-corrected chi connectivity index (χ3v) is 2.34. The van der Waals surface area contributed by atoms with Gasteiger partial charge < -0.3 is 10.4 Å². The van der Waals surface area contributed by atoms with Crippen LogP contribution in [0.2, 0.25) is 0 Å². The largest absolute Gasteiger partial charge is 0.508 e. The Morgan fingerprint density at radius 3 is 3.17 bits per heavy atom. The average Bonchev–Trinajstić information content (AvgIpc) is 2.03. The Bertz CT molecular complexity index is 296. The topological polar surface area (TPSA) is 32.3 Å². The molecule has 1 aliphatic rings. The lowest BCUT2D eigenvalue weighted by Crippen LogP contribution is -2.21. The van der Waals surface area contributed by atoms with E-state index in [1.807, 2.05) is 6.07 Å². The van der Waals surface area contributed by atoms with Gasteiger partial charge in [0.05, 0.1) is 0 Å². The summed E-state index contributed by atoms with van der Waals surface area (Å²) in [6, 6.07) is 6.06. The van der Waals surface area contributed by atoms with Gasteiger partial charge in [-0.3, -0.25) is 0 Å². The molecule has 0 fully saturated rings. The van der Waals surface area contributed by atoms with Crippen molar-refractivity contribution in [3.05, 3.63) is 23.8 Å². The van der Waals surface area contributed by atoms with Crippen LogP contribution in [0.3, 0.4) is 0 Å². The van der Waals surface area contributed by atoms with Crippen molar-refractivity contribution in [1.29, 1.82) is 0 Å². The van der Waals surface area contributed by atoms with Crippen LogP contribution in [0.15, 0.2) is 18.2 Å². The summed E-state index contributed by atoms with van der Waals surface area (Å²) >= 11 is 0. The van der Waals surface area contributed by atoms with Crippen LogP contribution in [0.1, 0.15) is 18.9 Å². The first-order chi connectivity index (χ1) is 5.75. The molecular formula is C10H13NO. The van der Waals surface area contributed by atoms with E-state index in [1.54, 1.807) is 12.1 Å². The lowest BCUT2D eigenvalue weighted by atomic mass is 9.99. The molecule has 0 bridgehead atoms. The summed E-state index contributed by atoms with van der Waals surface area (Å²) < 4.78 is 0. The second kappa shape index (κ2) is 2.70. The Balaban J connectivity index is 2.37. The van der Waals surface area contributed by atoms with Gasteiger partial charge in [-0.15, -0.1) is 0 Å². The number of aromatic hydroxyl groups is 1. The molecular weight excluding hydrogens is 150 g/mol. The number of phenols is 1. The maximum Gasteiger partial charge on any atom is 0.117 e. The van der Waals surface area contributed by atoms with E-state index < -0.39 is 0 Å². The van der Waals surface area contributed by atoms with Crippen molar-refractivity contribution in [3.8, 4) is 5.75 Å². The van der Waals surface area contributed by atoms with E-state index in [-0.39, 0.29) is 0 Å². The molecule has 0 radical (unpaired) electrons. The normalized spacial score (nSPS) is 21.2. The Labute approximate surface area is 72.2 Å². The van der Waals surface area contributed by atoms with Gasteiger partial charge in [-0.05, 0) is 31.4 Å². The molecule has 12 heavy (non-hydrogen) atoms. The van der Waals surface area contributed by atoms with Gasteiger partial charge in [-0.25, -0.2) is 0 Å². The molecule has 1 heterocycles. The summed E-state index contributed by atoms with van der Waals surface area (Å²) in [4.78, 5) is 0. The van der Waals surface area contributed by atoms with E-state index in [1.165, 1.54) is 12.0 Å². The molecule has 0 aromatic heterocycles. The zero-order valence-corrected chi connectivity index (χ0v) is 7.17. The smallest absolute Gasteiger partial charge is 0.117 e. The molecule has 1 aliphatic heterocycles. The second-order valence-electron chi connectivity index (χ2n) is 3.43. The number of phenolic OH excluding ortho intramolecular Hbond substituents is 1. The van der Waals surface area contributed by atoms with Crippen LogP contribution in [0.25, 0.3) is 0 Å². The summed E-state index contributed by atoms with van der Waals surface area (Å²) in [6.45, 7) is 2.16. The summed E-state index contributed by atoms with van der Waals surface area (Å²) in [5.41, 5.74) is 2.40. The molecule has 1 aromatic rings. The quantitative estimate of drug-likeness (QED) is 0.614. The van der Waals surface area contributed by atoms with Crippen LogP contribution in [0.4, 0.5) is 5.69 Å². The first kappa shape index (κ1) is 7.47. The lowest BCUT2D eigenvalue weighted by molar-refractivity contribution is 0.475. The monoisotopic (exact) mass is 163 g/mol. The average molecular weight is 163 g/mol. The predicted octanol–water partition coefficient (Wildman–Crippen LogP) is 2.14. The zero-order valence-electron chi connectivity index (χ0n) is 7.17. The van der Waals surface area contributed by atoms with Gasteiger partial charge in [0.15, 0.2) is 0 Å². The van der Waals surface area contributed by atoms with Gasteiger partial charge in [0, 0.05) is 17.8 Å². The molecule has 0 unspecified atom stereocenters. The van der Waals surface area contributed by atoms with Crippen LogP contribution in [-0.2, 0) is 6.42 Å². The second-order valence-corrected chi connectivity index (χ2v) is 3.43. The highest BCUT2D eigenvalue weighted by molar-refractivity contribution is 5.56. The first-order valence-corrected chi connectivity index (χ1v) is 4.34. The lowest BCUT2D eigenvalue weighted by Gasteiger charge is -2.23. The van der Waals surface area contributed by atoms with E-state index in [9.17, 15) is 5.11 Å². The molecule has 64 valence electrons. The summed E-state index contributed by atoms with van der Waals surface area (Å²) in [5, 5.41) is 12.6. The van der Waals surface area contributed by atoms with Gasteiger partial charge in [0.2, 0.25) is 0 Å². The highest BCUT2D eigenvalue weighted by Crippen LogP contribution is 2.27. The maximum absolute atomic E-state index is 9.23. The molecule has 0 spiro atoms. The number of hydrogen-bond donors (Lipinski definition) is 2. The van der Waals surface area contributed by atoms with Gasteiger partial charge >= 0.3 is 0 Å². The Kier molecular flexibility index (Phi) is 1.68. The number of nitrogens with one attached hydrogen (secondary N) is 1. The Morgan fingerprint density at radius 1 is 1.50 bits per heavy atom. The number of aryl methyl sites for hydroxylation is 1. The minimum Gasteiger partial charge on any atom is -0.508 e. The summed E-state index contributed by atoms with van der Waals surface area (Å²) in [5.74, 6) is 0.343. The molecule has 2 N–H and O–H groups in total.